The topological polar surface area (TPSA) is 102 Å². The molecule has 3 unspecified atom stereocenters. The Morgan fingerprint density at radius 2 is 1.45 bits per heavy atom. The fourth-order valence-corrected chi connectivity index (χ4v) is 7.29. The summed E-state index contributed by atoms with van der Waals surface area (Å²) in [5, 5.41) is 6.39. The largest absolute Gasteiger partial charge is 1.00 e. The van der Waals surface area contributed by atoms with Crippen LogP contribution in [0.25, 0.3) is 12.2 Å². The quantitative estimate of drug-likeness (QED) is 0.0737. The van der Waals surface area contributed by atoms with Crippen molar-refractivity contribution >= 4 is 41.6 Å². The Labute approximate surface area is 303 Å². The van der Waals surface area contributed by atoms with Crippen molar-refractivity contribution in [2.45, 2.75) is 75.2 Å². The lowest BCUT2D eigenvalue weighted by atomic mass is 10.0. The molecule has 2 N–H and O–H groups in total. The molecular formula is C37H55ClN4O6S. The molecule has 0 aliphatic carbocycles. The van der Waals surface area contributed by atoms with Gasteiger partial charge in [0.25, 0.3) is 0 Å². The highest BCUT2D eigenvalue weighted by Gasteiger charge is 2.42. The van der Waals surface area contributed by atoms with Gasteiger partial charge in [0.1, 0.15) is 13.2 Å². The second kappa shape index (κ2) is 23.6. The Morgan fingerprint density at radius 3 is 2.14 bits per heavy atom. The SMILES string of the molecule is CN(C)c1ccc(/C=C/c2cc[n+](CCCCCCOCCOCCOCCOC(=O)CCCCC3SCC4NC(=O)NC43)cc2)cc1.[Cl-]. The van der Waals surface area contributed by atoms with Crippen LogP contribution in [0.3, 0.4) is 0 Å². The van der Waals surface area contributed by atoms with Gasteiger partial charge in [0.15, 0.2) is 12.4 Å². The zero-order valence-electron chi connectivity index (χ0n) is 29.2. The number of fused-ring (bicyclic) bond motifs is 1. The molecule has 0 saturated carbocycles. The Kier molecular flexibility index (Phi) is 19.5. The molecule has 2 aliphatic heterocycles. The molecule has 2 amide bonds. The van der Waals surface area contributed by atoms with Crippen molar-refractivity contribution in [3.8, 4) is 0 Å². The number of nitrogens with zero attached hydrogens (tertiary/aromatic N) is 2. The summed E-state index contributed by atoms with van der Waals surface area (Å²) >= 11 is 1.90. The lowest BCUT2D eigenvalue weighted by molar-refractivity contribution is -0.697. The van der Waals surface area contributed by atoms with E-state index in [2.05, 4.69) is 95.1 Å². The number of halogens is 1. The molecule has 0 spiro atoms. The molecule has 2 saturated heterocycles. The molecule has 10 nitrogen and oxygen atoms in total. The summed E-state index contributed by atoms with van der Waals surface area (Å²) in [6.07, 6.45) is 16.3. The van der Waals surface area contributed by atoms with Gasteiger partial charge in [0.05, 0.1) is 45.1 Å². The minimum atomic E-state index is -0.185. The van der Waals surface area contributed by atoms with E-state index in [1.54, 1.807) is 0 Å². The summed E-state index contributed by atoms with van der Waals surface area (Å²) in [5.74, 6) is 0.774. The number of rotatable bonds is 24. The number of esters is 1. The number of hydrogen-bond acceptors (Lipinski definition) is 8. The standard InChI is InChI=1S/C37H54N4O6S.ClH/c1-40(2)32-15-13-30(14-16-32)11-12-31-17-20-41(21-18-31)19-7-3-4-8-22-44-23-24-45-25-26-46-27-28-47-35(42)10-6-5-9-34-36-33(29-48-34)38-37(43)39-36;/h11-18,20-21,33-34,36H,3-10,19,22-29H2,1-2H3,(H-,38,39,43);1H. The number of ether oxygens (including phenoxy) is 4. The van der Waals surface area contributed by atoms with E-state index in [9.17, 15) is 9.59 Å². The summed E-state index contributed by atoms with van der Waals surface area (Å²) in [4.78, 5) is 25.5. The number of benzene rings is 1. The first-order valence-corrected chi connectivity index (χ1v) is 18.5. The van der Waals surface area contributed by atoms with Gasteiger partial charge in [0.2, 0.25) is 0 Å². The molecular weight excluding hydrogens is 664 g/mol. The van der Waals surface area contributed by atoms with E-state index >= 15 is 0 Å². The van der Waals surface area contributed by atoms with Crippen LogP contribution >= 0.6 is 11.8 Å². The first kappa shape index (κ1) is 40.6. The number of aryl methyl sites for hydroxylation is 1. The minimum Gasteiger partial charge on any atom is -1.00 e. The number of pyridine rings is 1. The van der Waals surface area contributed by atoms with Crippen LogP contribution in [0, 0.1) is 0 Å². The Bertz CT molecular complexity index is 1250. The maximum absolute atomic E-state index is 11.9. The van der Waals surface area contributed by atoms with Crippen LogP contribution in [0.2, 0.25) is 0 Å². The van der Waals surface area contributed by atoms with E-state index in [0.29, 0.717) is 44.7 Å². The van der Waals surface area contributed by atoms with Crippen LogP contribution in [-0.4, -0.2) is 95.4 Å². The number of thioether (sulfide) groups is 1. The van der Waals surface area contributed by atoms with Gasteiger partial charge in [-0.15, -0.1) is 0 Å². The van der Waals surface area contributed by atoms with Gasteiger partial charge in [-0.3, -0.25) is 4.79 Å². The molecule has 0 radical (unpaired) electrons. The van der Waals surface area contributed by atoms with E-state index in [-0.39, 0.29) is 43.1 Å². The molecule has 272 valence electrons. The number of carbonyl (C=O) groups excluding carboxylic acids is 2. The lowest BCUT2D eigenvalue weighted by Crippen LogP contribution is -3.00. The second-order valence-electron chi connectivity index (χ2n) is 12.5. The average Bonchev–Trinajstić information content (AvgIpc) is 3.65. The number of anilines is 1. The summed E-state index contributed by atoms with van der Waals surface area (Å²) in [6.45, 7) is 4.51. The smallest absolute Gasteiger partial charge is 0.315 e. The summed E-state index contributed by atoms with van der Waals surface area (Å²) in [7, 11) is 4.10. The predicted octanol–water partition coefficient (Wildman–Crippen LogP) is 2.09. The molecule has 2 aromatic rings. The summed E-state index contributed by atoms with van der Waals surface area (Å²) < 4.78 is 24.2. The highest BCUT2D eigenvalue weighted by Crippen LogP contribution is 2.33. The number of nitrogens with one attached hydrogen (secondary N) is 2. The van der Waals surface area contributed by atoms with Gasteiger partial charge in [0, 0.05) is 62.4 Å². The zero-order chi connectivity index (χ0) is 33.8. The number of urea groups is 1. The van der Waals surface area contributed by atoms with E-state index in [1.165, 1.54) is 23.2 Å². The fraction of sp³-hybridized carbons (Fsp3) is 0.595. The monoisotopic (exact) mass is 718 g/mol. The normalized spacial score (nSPS) is 18.2. The molecule has 2 aliphatic rings. The Balaban J connectivity index is 0.00000650. The van der Waals surface area contributed by atoms with E-state index in [4.69, 9.17) is 18.9 Å². The van der Waals surface area contributed by atoms with E-state index < -0.39 is 0 Å². The lowest BCUT2D eigenvalue weighted by Gasteiger charge is -2.16. The Morgan fingerprint density at radius 1 is 0.816 bits per heavy atom. The molecule has 2 fully saturated rings. The van der Waals surface area contributed by atoms with E-state index in [1.807, 2.05) is 11.8 Å². The van der Waals surface area contributed by atoms with Gasteiger partial charge >= 0.3 is 12.0 Å². The highest BCUT2D eigenvalue weighted by molar-refractivity contribution is 8.00. The molecule has 4 rings (SSSR count). The minimum absolute atomic E-state index is 0. The number of aromatic nitrogens is 1. The maximum atomic E-state index is 11.9. The molecule has 0 bridgehead atoms. The second-order valence-corrected chi connectivity index (χ2v) is 13.8. The highest BCUT2D eigenvalue weighted by atomic mass is 35.5. The Hall–Kier alpha value is -2.83. The van der Waals surface area contributed by atoms with Gasteiger partial charge in [-0.05, 0) is 48.9 Å². The van der Waals surface area contributed by atoms with Crippen LogP contribution in [0.4, 0.5) is 10.5 Å². The predicted molar refractivity (Wildman–Crippen MR) is 192 cm³/mol. The molecule has 12 heteroatoms. The van der Waals surface area contributed by atoms with Crippen molar-refractivity contribution in [2.24, 2.45) is 0 Å². The fourth-order valence-electron chi connectivity index (χ4n) is 5.74. The number of carbonyl (C=O) groups is 2. The van der Waals surface area contributed by atoms with Gasteiger partial charge in [-0.25, -0.2) is 9.36 Å². The van der Waals surface area contributed by atoms with Crippen molar-refractivity contribution in [1.82, 2.24) is 10.6 Å². The number of amides is 2. The summed E-state index contributed by atoms with van der Waals surface area (Å²) in [6, 6.07) is 13.3. The van der Waals surface area contributed by atoms with Crippen molar-refractivity contribution in [1.29, 1.82) is 0 Å². The van der Waals surface area contributed by atoms with Crippen molar-refractivity contribution in [3.05, 3.63) is 59.9 Å². The number of hydrogen-bond donors (Lipinski definition) is 2. The average molecular weight is 719 g/mol. The molecule has 49 heavy (non-hydrogen) atoms. The first-order valence-electron chi connectivity index (χ1n) is 17.5. The van der Waals surface area contributed by atoms with Crippen molar-refractivity contribution in [3.63, 3.8) is 0 Å². The first-order chi connectivity index (χ1) is 23.5. The third kappa shape index (κ3) is 15.7. The van der Waals surface area contributed by atoms with Crippen LogP contribution in [-0.2, 0) is 30.3 Å². The zero-order valence-corrected chi connectivity index (χ0v) is 30.7. The van der Waals surface area contributed by atoms with Crippen LogP contribution in [0.15, 0.2) is 48.8 Å². The van der Waals surface area contributed by atoms with Crippen molar-refractivity contribution < 1.29 is 45.5 Å². The van der Waals surface area contributed by atoms with Crippen molar-refractivity contribution in [2.75, 3.05) is 71.0 Å². The summed E-state index contributed by atoms with van der Waals surface area (Å²) in [5.41, 5.74) is 3.60. The third-order valence-electron chi connectivity index (χ3n) is 8.54. The van der Waals surface area contributed by atoms with Crippen LogP contribution < -0.4 is 32.5 Å². The van der Waals surface area contributed by atoms with Gasteiger partial charge in [-0.1, -0.05) is 37.1 Å². The number of unbranched alkanes of at least 4 members (excludes halogenated alkanes) is 4. The molecule has 1 aromatic carbocycles. The van der Waals surface area contributed by atoms with Gasteiger partial charge < -0.3 is 46.9 Å². The molecule has 3 heterocycles. The van der Waals surface area contributed by atoms with E-state index in [0.717, 1.165) is 57.4 Å². The molecule has 3 atom stereocenters. The maximum Gasteiger partial charge on any atom is 0.315 e. The van der Waals surface area contributed by atoms with Crippen LogP contribution in [0.1, 0.15) is 62.5 Å². The third-order valence-corrected chi connectivity index (χ3v) is 10.1. The van der Waals surface area contributed by atoms with Gasteiger partial charge in [-0.2, -0.15) is 11.8 Å². The molecule has 1 aromatic heterocycles. The van der Waals surface area contributed by atoms with Crippen LogP contribution in [0.5, 0.6) is 0 Å².